The van der Waals surface area contributed by atoms with E-state index in [1.165, 1.54) is 0 Å². The van der Waals surface area contributed by atoms with Crippen LogP contribution < -0.4 is 10.2 Å². The fourth-order valence-corrected chi connectivity index (χ4v) is 2.58. The van der Waals surface area contributed by atoms with Gasteiger partial charge in [0.1, 0.15) is 12.4 Å². The molecule has 0 heterocycles. The lowest BCUT2D eigenvalue weighted by molar-refractivity contribution is 0.306. The summed E-state index contributed by atoms with van der Waals surface area (Å²) in [6, 6.07) is 22.7. The number of halogens is 2. The highest BCUT2D eigenvalue weighted by Crippen LogP contribution is 2.24. The minimum absolute atomic E-state index is 0.369. The zero-order chi connectivity index (χ0) is 17.5. The maximum absolute atomic E-state index is 6.17. The van der Waals surface area contributed by atoms with Crippen molar-refractivity contribution in [3.63, 3.8) is 0 Å². The van der Waals surface area contributed by atoms with Crippen molar-refractivity contribution >= 4 is 35.1 Å². The van der Waals surface area contributed by atoms with Crippen molar-refractivity contribution in [2.24, 2.45) is 5.10 Å². The molecule has 0 aliphatic heterocycles. The molecule has 3 rings (SSSR count). The second-order valence-corrected chi connectivity index (χ2v) is 6.14. The Kier molecular flexibility index (Phi) is 5.94. The minimum Gasteiger partial charge on any atom is -0.488 e. The molecule has 0 aliphatic rings. The molecule has 3 aromatic rings. The van der Waals surface area contributed by atoms with Gasteiger partial charge in [-0.2, -0.15) is 5.10 Å². The van der Waals surface area contributed by atoms with E-state index in [9.17, 15) is 0 Å². The van der Waals surface area contributed by atoms with Gasteiger partial charge in [0.25, 0.3) is 0 Å². The first-order chi connectivity index (χ1) is 12.2. The molecular weight excluding hydrogens is 355 g/mol. The molecule has 0 unspecified atom stereocenters. The number of hydrazone groups is 1. The van der Waals surface area contributed by atoms with Crippen molar-refractivity contribution in [1.29, 1.82) is 0 Å². The van der Waals surface area contributed by atoms with Gasteiger partial charge in [0.15, 0.2) is 0 Å². The van der Waals surface area contributed by atoms with Crippen molar-refractivity contribution in [2.75, 3.05) is 5.43 Å². The van der Waals surface area contributed by atoms with E-state index in [0.29, 0.717) is 22.4 Å². The second-order valence-electron chi connectivity index (χ2n) is 5.30. The smallest absolute Gasteiger partial charge is 0.128 e. The number of anilines is 1. The van der Waals surface area contributed by atoms with Crippen LogP contribution in [0.5, 0.6) is 5.75 Å². The Bertz CT molecular complexity index is 867. The van der Waals surface area contributed by atoms with Crippen LogP contribution in [-0.4, -0.2) is 6.21 Å². The third kappa shape index (κ3) is 4.99. The van der Waals surface area contributed by atoms with Gasteiger partial charge in [0.05, 0.1) is 11.9 Å². The molecule has 3 aromatic carbocycles. The van der Waals surface area contributed by atoms with E-state index >= 15 is 0 Å². The monoisotopic (exact) mass is 370 g/mol. The third-order valence-corrected chi connectivity index (χ3v) is 4.09. The van der Waals surface area contributed by atoms with Gasteiger partial charge in [-0.15, -0.1) is 0 Å². The fraction of sp³-hybridized carbons (Fsp3) is 0.0500. The molecule has 0 spiro atoms. The van der Waals surface area contributed by atoms with Crippen LogP contribution >= 0.6 is 23.2 Å². The summed E-state index contributed by atoms with van der Waals surface area (Å²) in [4.78, 5) is 0. The molecule has 0 amide bonds. The summed E-state index contributed by atoms with van der Waals surface area (Å²) in [7, 11) is 0. The molecule has 5 heteroatoms. The highest BCUT2D eigenvalue weighted by molar-refractivity contribution is 6.31. The Morgan fingerprint density at radius 1 is 0.920 bits per heavy atom. The van der Waals surface area contributed by atoms with Gasteiger partial charge in [-0.05, 0) is 36.4 Å². The molecule has 0 aromatic heterocycles. The summed E-state index contributed by atoms with van der Waals surface area (Å²) < 4.78 is 5.90. The van der Waals surface area contributed by atoms with Crippen molar-refractivity contribution in [3.05, 3.63) is 94.0 Å². The Hall–Kier alpha value is -2.49. The van der Waals surface area contributed by atoms with E-state index in [2.05, 4.69) is 10.5 Å². The van der Waals surface area contributed by atoms with Crippen molar-refractivity contribution in [2.45, 2.75) is 6.61 Å². The largest absolute Gasteiger partial charge is 0.488 e. The highest BCUT2D eigenvalue weighted by Gasteiger charge is 2.05. The van der Waals surface area contributed by atoms with E-state index < -0.39 is 0 Å². The Labute approximate surface area is 156 Å². The topological polar surface area (TPSA) is 33.6 Å². The zero-order valence-corrected chi connectivity index (χ0v) is 14.8. The minimum atomic E-state index is 0.369. The number of hydrogen-bond donors (Lipinski definition) is 1. The molecule has 1 N–H and O–H groups in total. The maximum Gasteiger partial charge on any atom is 0.128 e. The van der Waals surface area contributed by atoms with E-state index in [-0.39, 0.29) is 0 Å². The second kappa shape index (κ2) is 8.56. The maximum atomic E-state index is 6.17. The molecule has 126 valence electrons. The van der Waals surface area contributed by atoms with E-state index in [4.69, 9.17) is 27.9 Å². The van der Waals surface area contributed by atoms with Crippen LogP contribution in [0.25, 0.3) is 0 Å². The number of benzene rings is 3. The Morgan fingerprint density at radius 2 is 1.68 bits per heavy atom. The lowest BCUT2D eigenvalue weighted by atomic mass is 10.2. The van der Waals surface area contributed by atoms with Gasteiger partial charge < -0.3 is 4.74 Å². The number of para-hydroxylation sites is 1. The van der Waals surface area contributed by atoms with Crippen molar-refractivity contribution in [1.82, 2.24) is 0 Å². The van der Waals surface area contributed by atoms with Crippen LogP contribution in [0, 0.1) is 0 Å². The van der Waals surface area contributed by atoms with E-state index in [0.717, 1.165) is 16.8 Å². The first-order valence-corrected chi connectivity index (χ1v) is 8.48. The summed E-state index contributed by atoms with van der Waals surface area (Å²) in [5.41, 5.74) is 5.58. The number of nitrogens with zero attached hydrogens (tertiary/aromatic N) is 1. The summed E-state index contributed by atoms with van der Waals surface area (Å²) >= 11 is 12.3. The number of hydrogen-bond acceptors (Lipinski definition) is 3. The average Bonchev–Trinajstić information content (AvgIpc) is 2.63. The van der Waals surface area contributed by atoms with Gasteiger partial charge in [0.2, 0.25) is 0 Å². The highest BCUT2D eigenvalue weighted by atomic mass is 35.5. The molecule has 0 saturated carbocycles. The standard InChI is InChI=1S/C20H16Cl2N2O/c21-17-10-11-20(25-14-15-6-4-5-9-19(15)22)16(12-17)13-23-24-18-7-2-1-3-8-18/h1-13,24H,14H2. The van der Waals surface area contributed by atoms with E-state index in [1.54, 1.807) is 18.3 Å². The van der Waals surface area contributed by atoms with Gasteiger partial charge >= 0.3 is 0 Å². The Balaban J connectivity index is 1.73. The van der Waals surface area contributed by atoms with Crippen LogP contribution in [0.15, 0.2) is 77.9 Å². The normalized spacial score (nSPS) is 10.8. The van der Waals surface area contributed by atoms with Crippen LogP contribution in [-0.2, 0) is 6.61 Å². The predicted octanol–water partition coefficient (Wildman–Crippen LogP) is 6.02. The first-order valence-electron chi connectivity index (χ1n) is 7.72. The molecule has 0 aliphatic carbocycles. The predicted molar refractivity (Wildman–Crippen MR) is 105 cm³/mol. The summed E-state index contributed by atoms with van der Waals surface area (Å²) in [5, 5.41) is 5.54. The quantitative estimate of drug-likeness (QED) is 0.425. The molecule has 0 bridgehead atoms. The van der Waals surface area contributed by atoms with Crippen LogP contribution in [0.1, 0.15) is 11.1 Å². The zero-order valence-electron chi connectivity index (χ0n) is 13.3. The Morgan fingerprint density at radius 3 is 2.48 bits per heavy atom. The van der Waals surface area contributed by atoms with Crippen molar-refractivity contribution in [3.8, 4) is 5.75 Å². The molecule has 0 saturated heterocycles. The molecule has 0 radical (unpaired) electrons. The van der Waals surface area contributed by atoms with Gasteiger partial charge in [-0.1, -0.05) is 59.6 Å². The number of ether oxygens (including phenoxy) is 1. The molecule has 0 fully saturated rings. The van der Waals surface area contributed by atoms with Gasteiger partial charge in [0, 0.05) is 21.2 Å². The van der Waals surface area contributed by atoms with Crippen LogP contribution in [0.3, 0.4) is 0 Å². The molecular formula is C20H16Cl2N2O. The summed E-state index contributed by atoms with van der Waals surface area (Å²) in [5.74, 6) is 0.683. The summed E-state index contributed by atoms with van der Waals surface area (Å²) in [6.45, 7) is 0.369. The summed E-state index contributed by atoms with van der Waals surface area (Å²) in [6.07, 6.45) is 1.68. The lowest BCUT2D eigenvalue weighted by Crippen LogP contribution is -2.00. The van der Waals surface area contributed by atoms with Crippen LogP contribution in [0.2, 0.25) is 10.0 Å². The molecule has 3 nitrogen and oxygen atoms in total. The van der Waals surface area contributed by atoms with E-state index in [1.807, 2.05) is 60.7 Å². The molecule has 25 heavy (non-hydrogen) atoms. The third-order valence-electron chi connectivity index (χ3n) is 3.48. The van der Waals surface area contributed by atoms with Gasteiger partial charge in [-0.25, -0.2) is 0 Å². The fourth-order valence-electron chi connectivity index (χ4n) is 2.21. The first kappa shape index (κ1) is 17.3. The molecule has 0 atom stereocenters. The van der Waals surface area contributed by atoms with Crippen LogP contribution in [0.4, 0.5) is 5.69 Å². The number of nitrogens with one attached hydrogen (secondary N) is 1. The number of rotatable bonds is 6. The van der Waals surface area contributed by atoms with Crippen molar-refractivity contribution < 1.29 is 4.74 Å². The average molecular weight is 371 g/mol. The SMILES string of the molecule is Clc1ccc(OCc2ccccc2Cl)c(C=NNc2ccccc2)c1. The lowest BCUT2D eigenvalue weighted by Gasteiger charge is -2.10. The van der Waals surface area contributed by atoms with Gasteiger partial charge in [-0.3, -0.25) is 5.43 Å².